The second kappa shape index (κ2) is 11.3. The zero-order valence-corrected chi connectivity index (χ0v) is 20.4. The van der Waals surface area contributed by atoms with Gasteiger partial charge < -0.3 is 5.32 Å². The summed E-state index contributed by atoms with van der Waals surface area (Å²) in [6.07, 6.45) is 1.26. The number of amides is 1. The van der Waals surface area contributed by atoms with Crippen molar-refractivity contribution in [1.29, 1.82) is 0 Å². The number of aromatic nitrogens is 1. The first-order valence-electron chi connectivity index (χ1n) is 11.0. The molecule has 1 N–H and O–H groups in total. The maximum atomic E-state index is 13.4. The molecule has 0 aliphatic carbocycles. The lowest BCUT2D eigenvalue weighted by atomic mass is 10.1. The topological polar surface area (TPSA) is 79.4 Å². The van der Waals surface area contributed by atoms with Gasteiger partial charge in [0, 0.05) is 31.4 Å². The molecule has 0 saturated carbocycles. The summed E-state index contributed by atoms with van der Waals surface area (Å²) < 4.78 is 28.2. The van der Waals surface area contributed by atoms with Crippen LogP contribution in [0.5, 0.6) is 0 Å². The number of hydrogen-bond donors (Lipinski definition) is 1. The van der Waals surface area contributed by atoms with Crippen molar-refractivity contribution in [2.24, 2.45) is 0 Å². The summed E-state index contributed by atoms with van der Waals surface area (Å²) in [4.78, 5) is 16.5. The van der Waals surface area contributed by atoms with Crippen LogP contribution < -0.4 is 5.32 Å². The number of carbonyl (C=O) groups is 1. The highest BCUT2D eigenvalue weighted by molar-refractivity contribution is 7.89. The van der Waals surface area contributed by atoms with Crippen LogP contribution in [0, 0.1) is 0 Å². The Labute approximate surface area is 210 Å². The number of hydrogen-bond acceptors (Lipinski definition) is 4. The van der Waals surface area contributed by atoms with Crippen LogP contribution in [-0.2, 0) is 29.7 Å². The fourth-order valence-electron chi connectivity index (χ4n) is 3.52. The molecule has 0 atom stereocenters. The molecule has 8 heteroatoms. The van der Waals surface area contributed by atoms with Crippen molar-refractivity contribution in [2.75, 3.05) is 0 Å². The fourth-order valence-corrected chi connectivity index (χ4v) is 5.00. The molecule has 6 nitrogen and oxygen atoms in total. The van der Waals surface area contributed by atoms with E-state index in [1.54, 1.807) is 24.3 Å². The maximum Gasteiger partial charge on any atom is 0.251 e. The van der Waals surface area contributed by atoms with Crippen molar-refractivity contribution in [3.63, 3.8) is 0 Å². The van der Waals surface area contributed by atoms with E-state index in [4.69, 9.17) is 11.6 Å². The van der Waals surface area contributed by atoms with E-state index in [1.165, 1.54) is 22.6 Å². The minimum Gasteiger partial charge on any atom is -0.348 e. The van der Waals surface area contributed by atoms with Crippen molar-refractivity contribution in [1.82, 2.24) is 14.6 Å². The average Bonchev–Trinajstić information content (AvgIpc) is 2.89. The summed E-state index contributed by atoms with van der Waals surface area (Å²) in [5.74, 6) is -0.193. The summed E-state index contributed by atoms with van der Waals surface area (Å²) in [5, 5.41) is 3.12. The molecule has 0 spiro atoms. The van der Waals surface area contributed by atoms with Crippen molar-refractivity contribution in [2.45, 2.75) is 24.5 Å². The molecule has 0 radical (unpaired) electrons. The van der Waals surface area contributed by atoms with Gasteiger partial charge in [-0.05, 0) is 41.0 Å². The summed E-state index contributed by atoms with van der Waals surface area (Å²) >= 11 is 5.85. The molecule has 4 rings (SSSR count). The van der Waals surface area contributed by atoms with Gasteiger partial charge in [-0.3, -0.25) is 4.79 Å². The van der Waals surface area contributed by atoms with Gasteiger partial charge >= 0.3 is 0 Å². The molecule has 1 heterocycles. The van der Waals surface area contributed by atoms with Crippen LogP contribution in [0.4, 0.5) is 0 Å². The molecule has 0 bridgehead atoms. The molecule has 178 valence electrons. The van der Waals surface area contributed by atoms with Crippen LogP contribution in [0.25, 0.3) is 0 Å². The molecule has 3 aromatic carbocycles. The van der Waals surface area contributed by atoms with Gasteiger partial charge in [-0.25, -0.2) is 13.4 Å². The highest BCUT2D eigenvalue weighted by Gasteiger charge is 2.25. The Kier molecular flexibility index (Phi) is 7.92. The van der Waals surface area contributed by atoms with E-state index in [1.807, 2.05) is 60.7 Å². The van der Waals surface area contributed by atoms with Gasteiger partial charge in [-0.1, -0.05) is 84.4 Å². The number of rotatable bonds is 9. The number of halogens is 1. The van der Waals surface area contributed by atoms with E-state index in [-0.39, 0.29) is 29.0 Å². The predicted molar refractivity (Wildman–Crippen MR) is 136 cm³/mol. The van der Waals surface area contributed by atoms with Gasteiger partial charge in [-0.2, -0.15) is 4.31 Å². The van der Waals surface area contributed by atoms with E-state index < -0.39 is 10.0 Å². The molecule has 0 aliphatic rings. The summed E-state index contributed by atoms with van der Waals surface area (Å²) in [6, 6.07) is 28.9. The van der Waals surface area contributed by atoms with E-state index in [2.05, 4.69) is 10.3 Å². The van der Waals surface area contributed by atoms with Crippen molar-refractivity contribution < 1.29 is 13.2 Å². The maximum absolute atomic E-state index is 13.4. The molecule has 0 saturated heterocycles. The van der Waals surface area contributed by atoms with Crippen LogP contribution in [0.1, 0.15) is 27.0 Å². The van der Waals surface area contributed by atoms with E-state index >= 15 is 0 Å². The Balaban J connectivity index is 1.51. The van der Waals surface area contributed by atoms with Crippen LogP contribution in [0.15, 0.2) is 108 Å². The number of benzene rings is 3. The Hall–Kier alpha value is -3.52. The predicted octanol–water partition coefficient (Wildman–Crippen LogP) is 5.06. The van der Waals surface area contributed by atoms with Gasteiger partial charge in [-0.15, -0.1) is 0 Å². The lowest BCUT2D eigenvalue weighted by Crippen LogP contribution is -2.30. The zero-order valence-electron chi connectivity index (χ0n) is 18.8. The van der Waals surface area contributed by atoms with Crippen LogP contribution in [0.2, 0.25) is 5.15 Å². The second-order valence-electron chi connectivity index (χ2n) is 7.94. The van der Waals surface area contributed by atoms with Gasteiger partial charge in [0.15, 0.2) is 0 Å². The molecule has 0 fully saturated rings. The first-order chi connectivity index (χ1) is 16.9. The molecule has 1 aromatic heterocycles. The number of nitrogens with one attached hydrogen (secondary N) is 1. The minimum atomic E-state index is -3.85. The van der Waals surface area contributed by atoms with Crippen LogP contribution in [0.3, 0.4) is 0 Å². The summed E-state index contributed by atoms with van der Waals surface area (Å²) in [6.45, 7) is 0.747. The smallest absolute Gasteiger partial charge is 0.251 e. The first-order valence-corrected chi connectivity index (χ1v) is 12.8. The van der Waals surface area contributed by atoms with Crippen molar-refractivity contribution in [3.05, 3.63) is 131 Å². The first kappa shape index (κ1) is 24.6. The highest BCUT2D eigenvalue weighted by Crippen LogP contribution is 2.22. The largest absolute Gasteiger partial charge is 0.348 e. The summed E-state index contributed by atoms with van der Waals surface area (Å²) in [7, 11) is -3.85. The molecule has 35 heavy (non-hydrogen) atoms. The van der Waals surface area contributed by atoms with Gasteiger partial charge in [0.2, 0.25) is 10.0 Å². The monoisotopic (exact) mass is 505 g/mol. The molecular formula is C27H24ClN3O3S. The van der Waals surface area contributed by atoms with Gasteiger partial charge in [0.1, 0.15) is 10.0 Å². The SMILES string of the molecule is O=C(NCc1ccccc1)c1ccc(CN(Cc2ccccc2)S(=O)(=O)c2ccc(Cl)nc2)cc1. The Morgan fingerprint density at radius 3 is 1.91 bits per heavy atom. The number of nitrogens with zero attached hydrogens (tertiary/aromatic N) is 2. The van der Waals surface area contributed by atoms with Crippen molar-refractivity contribution in [3.8, 4) is 0 Å². The van der Waals surface area contributed by atoms with Crippen molar-refractivity contribution >= 4 is 27.5 Å². The third kappa shape index (κ3) is 6.54. The zero-order chi connectivity index (χ0) is 24.7. The summed E-state index contributed by atoms with van der Waals surface area (Å²) in [5.41, 5.74) is 3.13. The van der Waals surface area contributed by atoms with Crippen LogP contribution in [-0.4, -0.2) is 23.6 Å². The third-order valence-electron chi connectivity index (χ3n) is 5.41. The average molecular weight is 506 g/mol. The Bertz CT molecular complexity index is 1360. The number of pyridine rings is 1. The van der Waals surface area contributed by atoms with E-state index in [0.717, 1.165) is 16.7 Å². The second-order valence-corrected chi connectivity index (χ2v) is 10.3. The molecule has 1 amide bonds. The number of sulfonamides is 1. The molecule has 4 aromatic rings. The Morgan fingerprint density at radius 2 is 1.34 bits per heavy atom. The fraction of sp³-hybridized carbons (Fsp3) is 0.111. The highest BCUT2D eigenvalue weighted by atomic mass is 35.5. The quantitative estimate of drug-likeness (QED) is 0.323. The molecular weight excluding hydrogens is 482 g/mol. The minimum absolute atomic E-state index is 0.0646. The lowest BCUT2D eigenvalue weighted by Gasteiger charge is -2.22. The third-order valence-corrected chi connectivity index (χ3v) is 7.41. The van der Waals surface area contributed by atoms with Gasteiger partial charge in [0.05, 0.1) is 0 Å². The van der Waals surface area contributed by atoms with E-state index in [0.29, 0.717) is 12.1 Å². The Morgan fingerprint density at radius 1 is 0.771 bits per heavy atom. The van der Waals surface area contributed by atoms with Gasteiger partial charge in [0.25, 0.3) is 5.91 Å². The standard InChI is InChI=1S/C27H24ClN3O3S/c28-26-16-15-25(18-29-26)35(33,34)31(19-22-9-5-2-6-10-22)20-23-11-13-24(14-12-23)27(32)30-17-21-7-3-1-4-8-21/h1-16,18H,17,19-20H2,(H,30,32). The number of carbonyl (C=O) groups excluding carboxylic acids is 1. The molecule has 0 unspecified atom stereocenters. The van der Waals surface area contributed by atoms with E-state index in [9.17, 15) is 13.2 Å². The molecule has 0 aliphatic heterocycles. The van der Waals surface area contributed by atoms with Crippen LogP contribution >= 0.6 is 11.6 Å². The lowest BCUT2D eigenvalue weighted by molar-refractivity contribution is 0.0951. The normalized spacial score (nSPS) is 11.4.